The molecule has 3 heterocycles. The van der Waals surface area contributed by atoms with Crippen molar-refractivity contribution in [2.75, 3.05) is 32.9 Å². The van der Waals surface area contributed by atoms with Gasteiger partial charge in [-0.3, -0.25) is 9.36 Å². The van der Waals surface area contributed by atoms with Crippen molar-refractivity contribution in [2.24, 2.45) is 0 Å². The summed E-state index contributed by atoms with van der Waals surface area (Å²) < 4.78 is 23.7. The predicted octanol–water partition coefficient (Wildman–Crippen LogP) is 4.33. The molecule has 0 unspecified atom stereocenters. The van der Waals surface area contributed by atoms with Crippen molar-refractivity contribution in [3.63, 3.8) is 0 Å². The maximum atomic E-state index is 13.1. The number of fused-ring (bicyclic) bond motifs is 1. The Kier molecular flexibility index (Phi) is 10.4. The molecule has 1 aliphatic heterocycles. The van der Waals surface area contributed by atoms with Crippen molar-refractivity contribution in [1.29, 1.82) is 5.26 Å². The largest absolute Gasteiger partial charge is 0.444 e. The van der Waals surface area contributed by atoms with Crippen LogP contribution < -0.4 is 11.1 Å². The molecule has 0 saturated carbocycles. The van der Waals surface area contributed by atoms with E-state index in [0.29, 0.717) is 56.9 Å². The van der Waals surface area contributed by atoms with Gasteiger partial charge < -0.3 is 28.8 Å². The van der Waals surface area contributed by atoms with Crippen molar-refractivity contribution < 1.29 is 28.2 Å². The first kappa shape index (κ1) is 31.3. The van der Waals surface area contributed by atoms with Gasteiger partial charge in [0.25, 0.3) is 5.91 Å². The van der Waals surface area contributed by atoms with Crippen LogP contribution in [0.3, 0.4) is 0 Å². The van der Waals surface area contributed by atoms with Gasteiger partial charge in [0.2, 0.25) is 0 Å². The molecule has 11 nitrogen and oxygen atoms in total. The highest BCUT2D eigenvalue weighted by molar-refractivity contribution is 7.15. The van der Waals surface area contributed by atoms with Crippen LogP contribution in [-0.2, 0) is 32.0 Å². The van der Waals surface area contributed by atoms with Crippen molar-refractivity contribution in [2.45, 2.75) is 71.2 Å². The summed E-state index contributed by atoms with van der Waals surface area (Å²) in [4.78, 5) is 41.3. The lowest BCUT2D eigenvalue weighted by Crippen LogP contribution is -2.48. The van der Waals surface area contributed by atoms with E-state index in [4.69, 9.17) is 18.6 Å². The van der Waals surface area contributed by atoms with Crippen LogP contribution in [-0.4, -0.2) is 72.1 Å². The van der Waals surface area contributed by atoms with E-state index < -0.39 is 35.5 Å². The van der Waals surface area contributed by atoms with Gasteiger partial charge >= 0.3 is 11.8 Å². The smallest absolute Gasteiger partial charge is 0.420 e. The summed E-state index contributed by atoms with van der Waals surface area (Å²) in [5.41, 5.74) is 1.46. The highest BCUT2D eigenvalue weighted by Gasteiger charge is 2.31. The molecule has 2 aromatic heterocycles. The van der Waals surface area contributed by atoms with E-state index >= 15 is 0 Å². The molecule has 1 saturated heterocycles. The maximum absolute atomic E-state index is 13.1. The highest BCUT2D eigenvalue weighted by Crippen LogP contribution is 2.31. The fraction of sp³-hybridized carbons (Fsp3) is 0.533. The summed E-state index contributed by atoms with van der Waals surface area (Å²) >= 11 is 1.51. The zero-order valence-corrected chi connectivity index (χ0v) is 25.3. The van der Waals surface area contributed by atoms with Gasteiger partial charge in [0, 0.05) is 35.9 Å². The molecule has 2 amide bonds. The Balaban J connectivity index is 1.40. The monoisotopic (exact) mass is 598 g/mol. The van der Waals surface area contributed by atoms with Crippen molar-refractivity contribution in [3.8, 4) is 16.5 Å². The van der Waals surface area contributed by atoms with Crippen LogP contribution in [0.15, 0.2) is 39.5 Å². The number of ether oxygens (including phenoxy) is 3. The van der Waals surface area contributed by atoms with E-state index in [0.717, 1.165) is 21.7 Å². The number of nitrogens with one attached hydrogen (secondary N) is 1. The highest BCUT2D eigenvalue weighted by atomic mass is 32.1. The van der Waals surface area contributed by atoms with Gasteiger partial charge in [0.15, 0.2) is 11.7 Å². The van der Waals surface area contributed by atoms with Crippen LogP contribution in [0.25, 0.3) is 21.5 Å². The number of nitriles is 1. The minimum Gasteiger partial charge on any atom is -0.444 e. The number of carbonyl (C=O) groups is 2. The molecule has 1 aliphatic rings. The van der Waals surface area contributed by atoms with E-state index in [1.54, 1.807) is 31.4 Å². The molecule has 0 bridgehead atoms. The number of rotatable bonds is 10. The molecule has 4 rings (SSSR count). The van der Waals surface area contributed by atoms with Gasteiger partial charge in [0.05, 0.1) is 31.3 Å². The Labute approximate surface area is 248 Å². The summed E-state index contributed by atoms with van der Waals surface area (Å²) in [5.74, 6) is -0.867. The summed E-state index contributed by atoms with van der Waals surface area (Å²) in [6.07, 6.45) is 0.396. The summed E-state index contributed by atoms with van der Waals surface area (Å²) in [5, 5.41) is 12.6. The predicted molar refractivity (Wildman–Crippen MR) is 158 cm³/mol. The van der Waals surface area contributed by atoms with Crippen LogP contribution in [0.4, 0.5) is 4.79 Å². The minimum atomic E-state index is -0.901. The second kappa shape index (κ2) is 14.0. The average molecular weight is 599 g/mol. The van der Waals surface area contributed by atoms with Gasteiger partial charge in [-0.15, -0.1) is 11.3 Å². The zero-order chi connectivity index (χ0) is 30.3. The minimum absolute atomic E-state index is 0.0499. The van der Waals surface area contributed by atoms with Crippen LogP contribution >= 0.6 is 11.3 Å². The number of hydrogen-bond acceptors (Lipinski definition) is 9. The maximum Gasteiger partial charge on any atom is 0.420 e. The quantitative estimate of drug-likeness (QED) is 0.341. The van der Waals surface area contributed by atoms with Crippen molar-refractivity contribution >= 4 is 34.4 Å². The van der Waals surface area contributed by atoms with Crippen LogP contribution in [0.5, 0.6) is 0 Å². The lowest BCUT2D eigenvalue weighted by atomic mass is 10.1. The Bertz CT molecular complexity index is 1480. The van der Waals surface area contributed by atoms with Gasteiger partial charge in [-0.1, -0.05) is 6.92 Å². The molecular weight excluding hydrogens is 560 g/mol. The Morgan fingerprint density at radius 2 is 2.05 bits per heavy atom. The Hall–Kier alpha value is -3.66. The number of oxazole rings is 1. The third-order valence-electron chi connectivity index (χ3n) is 6.52. The first-order valence-electron chi connectivity index (χ1n) is 14.2. The van der Waals surface area contributed by atoms with E-state index in [2.05, 4.69) is 11.4 Å². The standard InChI is InChI=1S/C30H38N4O7S/c1-5-13-38-15-12-34-23-16-20(7-9-24(23)40-29(34)37)26-10-8-22(42-26)17-21(18-31)32-27(35)25-19-33(11-6-14-39-25)28(36)41-30(2,3)4/h7-10,16,21,25H,5-6,11-15,17,19H2,1-4H3,(H,32,35)/t21-,25-/m0/s1. The molecule has 226 valence electrons. The second-order valence-electron chi connectivity index (χ2n) is 11.1. The van der Waals surface area contributed by atoms with E-state index in [1.165, 1.54) is 16.2 Å². The van der Waals surface area contributed by atoms with Crippen molar-refractivity contribution in [3.05, 3.63) is 45.8 Å². The molecule has 3 aromatic rings. The number of amides is 2. The summed E-state index contributed by atoms with van der Waals surface area (Å²) in [7, 11) is 0. The molecule has 42 heavy (non-hydrogen) atoms. The third kappa shape index (κ3) is 8.21. The first-order valence-corrected chi connectivity index (χ1v) is 15.0. The molecule has 0 spiro atoms. The van der Waals surface area contributed by atoms with Gasteiger partial charge in [0.1, 0.15) is 11.6 Å². The van der Waals surface area contributed by atoms with Crippen LogP contribution in [0.1, 0.15) is 45.4 Å². The number of aromatic nitrogens is 1. The molecule has 12 heteroatoms. The lowest BCUT2D eigenvalue weighted by Gasteiger charge is -2.27. The third-order valence-corrected chi connectivity index (χ3v) is 7.68. The zero-order valence-electron chi connectivity index (χ0n) is 24.5. The normalized spacial score (nSPS) is 16.5. The topological polar surface area (TPSA) is 136 Å². The molecule has 1 fully saturated rings. The van der Waals surface area contributed by atoms with Crippen LogP contribution in [0.2, 0.25) is 0 Å². The van der Waals surface area contributed by atoms with Crippen LogP contribution in [0, 0.1) is 11.3 Å². The molecule has 1 aromatic carbocycles. The summed E-state index contributed by atoms with van der Waals surface area (Å²) in [6, 6.07) is 10.8. The number of carbonyl (C=O) groups excluding carboxylic acids is 2. The fourth-order valence-corrected chi connectivity index (χ4v) is 5.59. The molecule has 0 aliphatic carbocycles. The number of thiophene rings is 1. The number of nitrogens with zero attached hydrogens (tertiary/aromatic N) is 3. The molecule has 2 atom stereocenters. The SMILES string of the molecule is CCCOCCn1c(=O)oc2ccc(-c3ccc(C[C@@H](C#N)NC(=O)[C@@H]4CN(C(=O)OC(C)(C)C)CCCO4)s3)cc21. The van der Waals surface area contributed by atoms with Gasteiger partial charge in [-0.2, -0.15) is 5.26 Å². The molecule has 1 N–H and O–H groups in total. The second-order valence-corrected chi connectivity index (χ2v) is 12.3. The van der Waals surface area contributed by atoms with E-state index in [-0.39, 0.29) is 6.54 Å². The fourth-order valence-electron chi connectivity index (χ4n) is 4.54. The van der Waals surface area contributed by atoms with E-state index in [9.17, 15) is 19.6 Å². The average Bonchev–Trinajstić information content (AvgIpc) is 3.43. The lowest BCUT2D eigenvalue weighted by molar-refractivity contribution is -0.133. The Morgan fingerprint density at radius 3 is 2.79 bits per heavy atom. The summed E-state index contributed by atoms with van der Waals surface area (Å²) in [6.45, 7) is 9.64. The van der Waals surface area contributed by atoms with Crippen molar-refractivity contribution in [1.82, 2.24) is 14.8 Å². The number of hydrogen-bond donors (Lipinski definition) is 1. The Morgan fingerprint density at radius 1 is 1.24 bits per heavy atom. The molecular formula is C30H38N4O7S. The van der Waals surface area contributed by atoms with Gasteiger partial charge in [-0.05, 0) is 69.5 Å². The molecule has 0 radical (unpaired) electrons. The van der Waals surface area contributed by atoms with Gasteiger partial charge in [-0.25, -0.2) is 9.59 Å². The first-order chi connectivity index (χ1) is 20.1. The number of benzene rings is 1. The van der Waals surface area contributed by atoms with E-state index in [1.807, 2.05) is 31.2 Å².